The normalized spacial score (nSPS) is 22.2. The number of hydrogen-bond acceptors (Lipinski definition) is 1. The van der Waals surface area contributed by atoms with Crippen LogP contribution in [0.25, 0.3) is 0 Å². The van der Waals surface area contributed by atoms with E-state index in [0.29, 0.717) is 0 Å². The van der Waals surface area contributed by atoms with Crippen LogP contribution in [-0.4, -0.2) is 17.3 Å². The molecule has 2 heteroatoms. The van der Waals surface area contributed by atoms with Crippen LogP contribution in [0.5, 0.6) is 0 Å². The highest BCUT2D eigenvalue weighted by Gasteiger charge is 1.92. The zero-order valence-corrected chi connectivity index (χ0v) is 5.62. The van der Waals surface area contributed by atoms with E-state index < -0.39 is 8.97 Å². The first-order chi connectivity index (χ1) is 3.12. The molecule has 0 aliphatic rings. The summed E-state index contributed by atoms with van der Waals surface area (Å²) >= 11 is 0. The molecule has 0 N–H and O–H groups in total. The largest absolute Gasteiger partial charge is 0.423 e. The third-order valence-electron chi connectivity index (χ3n) is 0.846. The lowest BCUT2D eigenvalue weighted by molar-refractivity contribution is 0.425. The van der Waals surface area contributed by atoms with Crippen LogP contribution in [0.4, 0.5) is 0 Å². The average Bonchev–Trinajstić information content (AvgIpc) is 1.68. The van der Waals surface area contributed by atoms with Crippen LogP contribution in [0.3, 0.4) is 0 Å². The highest BCUT2D eigenvalue weighted by molar-refractivity contribution is 6.49. The minimum Gasteiger partial charge on any atom is -0.423 e. The predicted molar refractivity (Wildman–Crippen MR) is 30.5 cm³/mol. The Hall–Kier alpha value is 0.177. The van der Waals surface area contributed by atoms with Gasteiger partial charge < -0.3 is 4.43 Å². The highest BCUT2D eigenvalue weighted by Crippen LogP contribution is 1.86. The summed E-state index contributed by atoms with van der Waals surface area (Å²) in [6.45, 7) is 3.87. The average molecular weight is 106 g/mol. The predicted octanol–water partition coefficient (Wildman–Crippen LogP) is 1.01. The SMILES string of the molecule is [3H][Si](C)(CC)OC. The van der Waals surface area contributed by atoms with Crippen LogP contribution in [0.2, 0.25) is 12.6 Å². The Labute approximate surface area is 42.3 Å². The topological polar surface area (TPSA) is 9.23 Å². The molecular weight excluding hydrogens is 92.1 g/mol. The number of hydrogen-bond donors (Lipinski definition) is 0. The fraction of sp³-hybridized carbons (Fsp3) is 1.00. The van der Waals surface area contributed by atoms with Gasteiger partial charge in [0.15, 0.2) is 8.97 Å². The summed E-state index contributed by atoms with van der Waals surface area (Å²) in [7, 11) is -0.287. The summed E-state index contributed by atoms with van der Waals surface area (Å²) in [6.07, 6.45) is 0. The summed E-state index contributed by atoms with van der Waals surface area (Å²) in [5.74, 6) is 0. The zero-order chi connectivity index (χ0) is 5.91. The minimum atomic E-state index is -1.90. The van der Waals surface area contributed by atoms with E-state index in [1.165, 1.54) is 0 Å². The lowest BCUT2D eigenvalue weighted by Crippen LogP contribution is -2.06. The first-order valence-electron chi connectivity index (χ1n) is 2.67. The molecule has 0 heterocycles. The van der Waals surface area contributed by atoms with Crippen molar-refractivity contribution in [3.05, 3.63) is 0 Å². The summed E-state index contributed by atoms with van der Waals surface area (Å²) in [6, 6.07) is 0.878. The molecule has 0 aromatic carbocycles. The van der Waals surface area contributed by atoms with Crippen molar-refractivity contribution < 1.29 is 4.43 Å². The third-order valence-corrected chi connectivity index (χ3v) is 2.54. The minimum absolute atomic E-state index is 0.878. The van der Waals surface area contributed by atoms with E-state index >= 15 is 0 Å². The summed E-state index contributed by atoms with van der Waals surface area (Å²) in [5, 5.41) is 0. The van der Waals surface area contributed by atoms with Gasteiger partial charge in [0.25, 0.3) is 0 Å². The Kier molecular flexibility index (Phi) is 2.44. The Morgan fingerprint density at radius 3 is 2.50 bits per heavy atom. The third kappa shape index (κ3) is 2.42. The van der Waals surface area contributed by atoms with Gasteiger partial charge in [0.2, 0.25) is 0 Å². The maximum Gasteiger partial charge on any atom is 0.173 e. The van der Waals surface area contributed by atoms with Crippen LogP contribution in [0.15, 0.2) is 0 Å². The molecule has 0 amide bonds. The van der Waals surface area contributed by atoms with Crippen molar-refractivity contribution in [2.24, 2.45) is 0 Å². The van der Waals surface area contributed by atoms with Gasteiger partial charge in [0.1, 0.15) is 0 Å². The van der Waals surface area contributed by atoms with E-state index in [4.69, 9.17) is 5.66 Å². The molecule has 1 unspecified atom stereocenters. The van der Waals surface area contributed by atoms with Crippen molar-refractivity contribution in [3.8, 4) is 0 Å². The van der Waals surface area contributed by atoms with Crippen molar-refractivity contribution in [2.45, 2.75) is 19.5 Å². The van der Waals surface area contributed by atoms with Crippen molar-refractivity contribution in [3.63, 3.8) is 0 Å². The maximum atomic E-state index is 7.34. The van der Waals surface area contributed by atoms with E-state index in [9.17, 15) is 0 Å². The van der Waals surface area contributed by atoms with Gasteiger partial charge in [-0.15, -0.1) is 0 Å². The summed E-state index contributed by atoms with van der Waals surface area (Å²) in [4.78, 5) is 0. The Balaban J connectivity index is 3.36. The molecule has 0 radical (unpaired) electrons. The molecule has 0 spiro atoms. The monoisotopic (exact) mass is 106 g/mol. The van der Waals surface area contributed by atoms with Gasteiger partial charge in [-0.2, -0.15) is 0 Å². The molecule has 1 atom stereocenters. The van der Waals surface area contributed by atoms with Gasteiger partial charge in [0, 0.05) is 8.34 Å². The quantitative estimate of drug-likeness (QED) is 0.477. The second kappa shape index (κ2) is 3.37. The molecule has 0 fully saturated rings. The summed E-state index contributed by atoms with van der Waals surface area (Å²) in [5.41, 5.74) is 0. The first kappa shape index (κ1) is 4.34. The molecule has 0 aliphatic carbocycles. The van der Waals surface area contributed by atoms with Gasteiger partial charge >= 0.3 is 0 Å². The molecule has 1 nitrogen and oxygen atoms in total. The van der Waals surface area contributed by atoms with Crippen LogP contribution in [-0.2, 0) is 4.43 Å². The zero-order valence-electron chi connectivity index (χ0n) is 5.62. The fourth-order valence-electron chi connectivity index (χ4n) is 0.144. The first-order valence-corrected chi connectivity index (χ1v) is 4.29. The number of rotatable bonds is 2. The van der Waals surface area contributed by atoms with Crippen LogP contribution in [0.1, 0.15) is 6.92 Å². The smallest absolute Gasteiger partial charge is 0.173 e. The van der Waals surface area contributed by atoms with Gasteiger partial charge in [-0.05, 0) is 12.6 Å². The van der Waals surface area contributed by atoms with E-state index in [2.05, 4.69) is 0 Å². The Morgan fingerprint density at radius 2 is 2.50 bits per heavy atom. The maximum absolute atomic E-state index is 7.34. The van der Waals surface area contributed by atoms with Crippen LogP contribution in [0, 0.1) is 0 Å². The van der Waals surface area contributed by atoms with Gasteiger partial charge in [-0.1, -0.05) is 6.92 Å². The molecule has 0 saturated heterocycles. The van der Waals surface area contributed by atoms with Gasteiger partial charge in [0.05, 0.1) is 0 Å². The van der Waals surface area contributed by atoms with E-state index in [1.807, 2.05) is 13.5 Å². The molecule has 0 bridgehead atoms. The van der Waals surface area contributed by atoms with Crippen molar-refractivity contribution in [1.29, 1.82) is 1.23 Å². The molecule has 38 valence electrons. The highest BCUT2D eigenvalue weighted by atomic mass is 28.3. The van der Waals surface area contributed by atoms with Crippen LogP contribution < -0.4 is 0 Å². The molecular formula is C4H12OSi. The molecule has 0 aromatic rings. The standard InChI is InChI=1S/C4H12OSi/c1-4-6(3)5-2/h6H,4H2,1-3H3/i6T. The van der Waals surface area contributed by atoms with E-state index in [-0.39, 0.29) is 0 Å². The van der Waals surface area contributed by atoms with E-state index in [0.717, 1.165) is 6.04 Å². The lowest BCUT2D eigenvalue weighted by Gasteiger charge is -1.98. The summed E-state index contributed by atoms with van der Waals surface area (Å²) < 4.78 is 12.2. The second-order valence-corrected chi connectivity index (χ2v) is 3.78. The molecule has 0 aromatic heterocycles. The Morgan fingerprint density at radius 1 is 2.00 bits per heavy atom. The van der Waals surface area contributed by atoms with Crippen molar-refractivity contribution in [2.75, 3.05) is 7.11 Å². The van der Waals surface area contributed by atoms with Gasteiger partial charge in [-0.25, -0.2) is 0 Å². The van der Waals surface area contributed by atoms with Crippen molar-refractivity contribution >= 4 is 8.97 Å². The van der Waals surface area contributed by atoms with E-state index in [1.54, 1.807) is 7.11 Å². The second-order valence-electron chi connectivity index (χ2n) is 1.26. The lowest BCUT2D eigenvalue weighted by atomic mass is 11.0. The molecule has 0 rings (SSSR count). The fourth-order valence-corrected chi connectivity index (χ4v) is 0.433. The van der Waals surface area contributed by atoms with Gasteiger partial charge in [-0.3, -0.25) is 0 Å². The molecule has 6 heavy (non-hydrogen) atoms. The van der Waals surface area contributed by atoms with Crippen molar-refractivity contribution in [1.82, 2.24) is 0 Å². The Bertz CT molecular complexity index is 49.7. The molecule has 0 aliphatic heterocycles. The van der Waals surface area contributed by atoms with Crippen LogP contribution >= 0.6 is 0 Å². The molecule has 0 saturated carbocycles.